The molecule has 172 valence electrons. The molecule has 2 aromatic heterocycles. The molecule has 0 bridgehead atoms. The fraction of sp³-hybridized carbons (Fsp3) is 0.167. The number of carbonyl (C=O) groups is 2. The summed E-state index contributed by atoms with van der Waals surface area (Å²) in [5.41, 5.74) is 1.00. The quantitative estimate of drug-likeness (QED) is 0.337. The molecule has 0 aliphatic carbocycles. The van der Waals surface area contributed by atoms with E-state index in [1.165, 1.54) is 17.4 Å². The molecule has 0 saturated carbocycles. The van der Waals surface area contributed by atoms with E-state index in [2.05, 4.69) is 20.6 Å². The lowest BCUT2D eigenvalue weighted by atomic mass is 10.1. The Balaban J connectivity index is 1.40. The first kappa shape index (κ1) is 21.8. The highest BCUT2D eigenvalue weighted by Crippen LogP contribution is 2.34. The third-order valence-corrected chi connectivity index (χ3v) is 6.75. The van der Waals surface area contributed by atoms with Crippen molar-refractivity contribution >= 4 is 39.9 Å². The van der Waals surface area contributed by atoms with E-state index in [4.69, 9.17) is 0 Å². The maximum atomic E-state index is 13.0. The maximum absolute atomic E-state index is 13.0. The Kier molecular flexibility index (Phi) is 5.83. The Labute approximate surface area is 197 Å². The molecule has 1 saturated heterocycles. The van der Waals surface area contributed by atoms with Crippen molar-refractivity contribution in [1.29, 1.82) is 0 Å². The number of fused-ring (bicyclic) bond motifs is 1. The first-order valence-electron chi connectivity index (χ1n) is 10.8. The first-order chi connectivity index (χ1) is 16.5. The molecule has 9 nitrogen and oxygen atoms in total. The predicted octanol–water partition coefficient (Wildman–Crippen LogP) is 2.24. The van der Waals surface area contributed by atoms with E-state index >= 15 is 0 Å². The number of piperazine rings is 1. The van der Waals surface area contributed by atoms with Crippen molar-refractivity contribution in [3.63, 3.8) is 0 Å². The number of carbonyl (C=O) groups excluding carboxylic acids is 2. The van der Waals surface area contributed by atoms with Crippen molar-refractivity contribution in [2.75, 3.05) is 31.5 Å². The van der Waals surface area contributed by atoms with Crippen LogP contribution in [0.25, 0.3) is 21.5 Å². The van der Waals surface area contributed by atoms with E-state index in [0.29, 0.717) is 40.3 Å². The van der Waals surface area contributed by atoms with Gasteiger partial charge in [-0.3, -0.25) is 19.2 Å². The maximum Gasteiger partial charge on any atom is 0.314 e. The van der Waals surface area contributed by atoms with E-state index in [9.17, 15) is 19.2 Å². The summed E-state index contributed by atoms with van der Waals surface area (Å²) in [6, 6.07) is 15.8. The Bertz CT molecular complexity index is 1510. The molecule has 3 heterocycles. The summed E-state index contributed by atoms with van der Waals surface area (Å²) in [7, 11) is 0. The Morgan fingerprint density at radius 1 is 0.882 bits per heavy atom. The van der Waals surface area contributed by atoms with Gasteiger partial charge in [-0.1, -0.05) is 18.2 Å². The van der Waals surface area contributed by atoms with Gasteiger partial charge in [-0.05, 0) is 36.4 Å². The van der Waals surface area contributed by atoms with Crippen LogP contribution in [0.4, 0.5) is 5.69 Å². The third-order valence-electron chi connectivity index (χ3n) is 5.65. The van der Waals surface area contributed by atoms with Gasteiger partial charge in [0.2, 0.25) is 0 Å². The molecule has 0 spiro atoms. The van der Waals surface area contributed by atoms with Gasteiger partial charge in [-0.2, -0.15) is 0 Å². The molecule has 1 aliphatic rings. The standard InChI is InChI=1S/C24H21N5O4S/c30-21(14-5-6-17-18(13-14)28-23(32)22(31)27-17)26-16-4-2-1-3-15(16)19-7-8-20(34-19)24(33)29-11-9-25-10-12-29/h1-8,13,25H,9-12H2,(H,26,30)(H,27,31)(H,28,32). The number of hydrogen-bond donors (Lipinski definition) is 4. The number of aromatic nitrogens is 2. The fourth-order valence-corrected chi connectivity index (χ4v) is 4.89. The zero-order valence-corrected chi connectivity index (χ0v) is 18.8. The molecule has 4 aromatic rings. The molecule has 1 fully saturated rings. The van der Waals surface area contributed by atoms with Gasteiger partial charge >= 0.3 is 11.1 Å². The molecule has 0 atom stereocenters. The molecular formula is C24H21N5O4S. The molecule has 10 heteroatoms. The van der Waals surface area contributed by atoms with Crippen LogP contribution >= 0.6 is 11.3 Å². The van der Waals surface area contributed by atoms with Crippen molar-refractivity contribution in [2.24, 2.45) is 0 Å². The minimum Gasteiger partial charge on any atom is -0.335 e. The van der Waals surface area contributed by atoms with Crippen molar-refractivity contribution in [3.05, 3.63) is 85.7 Å². The molecule has 34 heavy (non-hydrogen) atoms. The Morgan fingerprint density at radius 2 is 1.62 bits per heavy atom. The summed E-state index contributed by atoms with van der Waals surface area (Å²) in [6.45, 7) is 2.95. The number of benzene rings is 2. The van der Waals surface area contributed by atoms with E-state index in [1.54, 1.807) is 18.2 Å². The van der Waals surface area contributed by atoms with Crippen LogP contribution in [0.2, 0.25) is 0 Å². The number of amides is 2. The number of para-hydroxylation sites is 1. The summed E-state index contributed by atoms with van der Waals surface area (Å²) in [4.78, 5) is 57.3. The number of nitrogens with zero attached hydrogens (tertiary/aromatic N) is 1. The molecular weight excluding hydrogens is 454 g/mol. The number of rotatable bonds is 4. The van der Waals surface area contributed by atoms with Crippen LogP contribution in [0.1, 0.15) is 20.0 Å². The Hall–Kier alpha value is -4.02. The average Bonchev–Trinajstić information content (AvgIpc) is 3.35. The average molecular weight is 476 g/mol. The molecule has 4 N–H and O–H groups in total. The second kappa shape index (κ2) is 9.08. The van der Waals surface area contributed by atoms with E-state index in [1.807, 2.05) is 35.2 Å². The fourth-order valence-electron chi connectivity index (χ4n) is 3.88. The van der Waals surface area contributed by atoms with E-state index in [-0.39, 0.29) is 11.8 Å². The molecule has 2 aromatic carbocycles. The Morgan fingerprint density at radius 3 is 2.41 bits per heavy atom. The molecule has 0 radical (unpaired) electrons. The smallest absolute Gasteiger partial charge is 0.314 e. The lowest BCUT2D eigenvalue weighted by Crippen LogP contribution is -2.46. The van der Waals surface area contributed by atoms with Crippen molar-refractivity contribution in [3.8, 4) is 10.4 Å². The van der Waals surface area contributed by atoms with Crippen molar-refractivity contribution < 1.29 is 9.59 Å². The van der Waals surface area contributed by atoms with E-state index < -0.39 is 11.1 Å². The first-order valence-corrected chi connectivity index (χ1v) is 11.6. The summed E-state index contributed by atoms with van der Waals surface area (Å²) in [5, 5.41) is 6.16. The molecule has 0 unspecified atom stereocenters. The van der Waals surface area contributed by atoms with Crippen LogP contribution in [0, 0.1) is 0 Å². The normalized spacial score (nSPS) is 13.7. The highest BCUT2D eigenvalue weighted by atomic mass is 32.1. The van der Waals surface area contributed by atoms with Crippen LogP contribution in [-0.4, -0.2) is 52.9 Å². The summed E-state index contributed by atoms with van der Waals surface area (Å²) in [6.07, 6.45) is 0. The van der Waals surface area contributed by atoms with Crippen molar-refractivity contribution in [1.82, 2.24) is 20.2 Å². The van der Waals surface area contributed by atoms with Crippen LogP contribution in [0.15, 0.2) is 64.2 Å². The predicted molar refractivity (Wildman–Crippen MR) is 132 cm³/mol. The number of hydrogen-bond acceptors (Lipinski definition) is 6. The topological polar surface area (TPSA) is 127 Å². The van der Waals surface area contributed by atoms with Gasteiger partial charge in [0.25, 0.3) is 11.8 Å². The third kappa shape index (κ3) is 4.28. The number of H-pyrrole nitrogens is 2. The highest BCUT2D eigenvalue weighted by molar-refractivity contribution is 7.17. The zero-order chi connectivity index (χ0) is 23.7. The minimum atomic E-state index is -0.778. The molecule has 5 rings (SSSR count). The van der Waals surface area contributed by atoms with Crippen LogP contribution in [0.3, 0.4) is 0 Å². The van der Waals surface area contributed by atoms with Crippen LogP contribution < -0.4 is 21.8 Å². The van der Waals surface area contributed by atoms with Gasteiger partial charge in [0, 0.05) is 47.9 Å². The summed E-state index contributed by atoms with van der Waals surface area (Å²) >= 11 is 1.39. The monoisotopic (exact) mass is 475 g/mol. The van der Waals surface area contributed by atoms with Gasteiger partial charge < -0.3 is 25.5 Å². The van der Waals surface area contributed by atoms with Gasteiger partial charge in [0.15, 0.2) is 0 Å². The second-order valence-corrected chi connectivity index (χ2v) is 8.96. The zero-order valence-electron chi connectivity index (χ0n) is 18.0. The number of anilines is 1. The van der Waals surface area contributed by atoms with E-state index in [0.717, 1.165) is 23.5 Å². The summed E-state index contributed by atoms with van der Waals surface area (Å²) in [5.74, 6) is -0.350. The number of aromatic amines is 2. The van der Waals surface area contributed by atoms with Gasteiger partial charge in [0.1, 0.15) is 0 Å². The minimum absolute atomic E-state index is 0.0162. The summed E-state index contributed by atoms with van der Waals surface area (Å²) < 4.78 is 0. The lowest BCUT2D eigenvalue weighted by molar-refractivity contribution is 0.0740. The molecule has 2 amide bonds. The SMILES string of the molecule is O=C(Nc1ccccc1-c1ccc(C(=O)N2CCNCC2)s1)c1ccc2[nH]c(=O)c(=O)[nH]c2c1. The largest absolute Gasteiger partial charge is 0.335 e. The van der Waals surface area contributed by atoms with Gasteiger partial charge in [-0.25, -0.2) is 0 Å². The van der Waals surface area contributed by atoms with Crippen LogP contribution in [0.5, 0.6) is 0 Å². The molecule has 1 aliphatic heterocycles. The van der Waals surface area contributed by atoms with Crippen molar-refractivity contribution in [2.45, 2.75) is 0 Å². The van der Waals surface area contributed by atoms with Gasteiger partial charge in [-0.15, -0.1) is 11.3 Å². The number of nitrogens with one attached hydrogen (secondary N) is 4. The number of thiophene rings is 1. The highest BCUT2D eigenvalue weighted by Gasteiger charge is 2.20. The van der Waals surface area contributed by atoms with Crippen LogP contribution in [-0.2, 0) is 0 Å². The van der Waals surface area contributed by atoms with Gasteiger partial charge in [0.05, 0.1) is 15.9 Å². The second-order valence-electron chi connectivity index (χ2n) is 7.87. The lowest BCUT2D eigenvalue weighted by Gasteiger charge is -2.26.